The van der Waals surface area contributed by atoms with Gasteiger partial charge in [-0.3, -0.25) is 19.3 Å². The van der Waals surface area contributed by atoms with Gasteiger partial charge in [-0.2, -0.15) is 0 Å². The van der Waals surface area contributed by atoms with Crippen molar-refractivity contribution in [1.82, 2.24) is 4.90 Å². The smallest absolute Gasteiger partial charge is 0.229 e. The SMILES string of the molecule is O=C(CCCCCN1C(=O)CCC1=O)Nc1cccc(F)c1. The summed E-state index contributed by atoms with van der Waals surface area (Å²) in [7, 11) is 0. The first-order valence-electron chi connectivity index (χ1n) is 7.45. The second-order valence-electron chi connectivity index (χ2n) is 5.31. The Morgan fingerprint density at radius 1 is 1.14 bits per heavy atom. The van der Waals surface area contributed by atoms with Gasteiger partial charge in [-0.05, 0) is 31.0 Å². The van der Waals surface area contributed by atoms with Crippen molar-refractivity contribution in [3.63, 3.8) is 0 Å². The van der Waals surface area contributed by atoms with Crippen molar-refractivity contribution in [1.29, 1.82) is 0 Å². The van der Waals surface area contributed by atoms with Crippen molar-refractivity contribution < 1.29 is 18.8 Å². The topological polar surface area (TPSA) is 66.5 Å². The van der Waals surface area contributed by atoms with E-state index in [0.29, 0.717) is 44.3 Å². The first kappa shape index (κ1) is 16.1. The maximum atomic E-state index is 13.0. The van der Waals surface area contributed by atoms with Crippen LogP contribution in [0.15, 0.2) is 24.3 Å². The minimum absolute atomic E-state index is 0.103. The van der Waals surface area contributed by atoms with Gasteiger partial charge in [-0.1, -0.05) is 12.5 Å². The van der Waals surface area contributed by atoms with Gasteiger partial charge in [0.25, 0.3) is 0 Å². The van der Waals surface area contributed by atoms with Crippen LogP contribution in [-0.4, -0.2) is 29.2 Å². The molecule has 0 bridgehead atoms. The highest BCUT2D eigenvalue weighted by molar-refractivity contribution is 6.01. The van der Waals surface area contributed by atoms with E-state index in [4.69, 9.17) is 0 Å². The van der Waals surface area contributed by atoms with Gasteiger partial charge in [0, 0.05) is 31.5 Å². The van der Waals surface area contributed by atoms with Gasteiger partial charge < -0.3 is 5.32 Å². The third-order valence-corrected chi connectivity index (χ3v) is 3.55. The molecular formula is C16H19FN2O3. The molecule has 1 aliphatic rings. The predicted molar refractivity (Wildman–Crippen MR) is 79.5 cm³/mol. The van der Waals surface area contributed by atoms with E-state index in [9.17, 15) is 18.8 Å². The van der Waals surface area contributed by atoms with Gasteiger partial charge in [-0.15, -0.1) is 0 Å². The molecule has 1 heterocycles. The summed E-state index contributed by atoms with van der Waals surface area (Å²) in [5.41, 5.74) is 0.443. The first-order chi connectivity index (χ1) is 10.6. The van der Waals surface area contributed by atoms with E-state index < -0.39 is 5.82 Å². The molecule has 1 fully saturated rings. The Kier molecular flexibility index (Phi) is 5.63. The van der Waals surface area contributed by atoms with E-state index >= 15 is 0 Å². The number of halogens is 1. The van der Waals surface area contributed by atoms with Crippen LogP contribution in [0.1, 0.15) is 38.5 Å². The molecule has 1 aromatic carbocycles. The molecule has 0 aromatic heterocycles. The molecule has 1 aromatic rings. The standard InChI is InChI=1S/C16H19FN2O3/c17-12-5-4-6-13(11-12)18-14(20)7-2-1-3-10-19-15(21)8-9-16(19)22/h4-6,11H,1-3,7-10H2,(H,18,20). The summed E-state index contributed by atoms with van der Waals surface area (Å²) < 4.78 is 13.0. The van der Waals surface area contributed by atoms with Crippen LogP contribution in [0, 0.1) is 5.82 Å². The number of anilines is 1. The number of carbonyl (C=O) groups is 3. The molecule has 22 heavy (non-hydrogen) atoms. The summed E-state index contributed by atoms with van der Waals surface area (Å²) in [6.45, 7) is 0.434. The van der Waals surface area contributed by atoms with Crippen LogP contribution in [0.4, 0.5) is 10.1 Å². The Labute approximate surface area is 128 Å². The summed E-state index contributed by atoms with van der Waals surface area (Å²) in [5, 5.41) is 2.63. The molecule has 6 heteroatoms. The first-order valence-corrected chi connectivity index (χ1v) is 7.45. The predicted octanol–water partition coefficient (Wildman–Crippen LogP) is 2.47. The summed E-state index contributed by atoms with van der Waals surface area (Å²) in [5.74, 6) is -0.764. The fraction of sp³-hybridized carbons (Fsp3) is 0.438. The Morgan fingerprint density at radius 2 is 1.86 bits per heavy atom. The zero-order valence-corrected chi connectivity index (χ0v) is 12.3. The molecule has 1 N–H and O–H groups in total. The molecule has 2 rings (SSSR count). The highest BCUT2D eigenvalue weighted by Crippen LogP contribution is 2.14. The maximum Gasteiger partial charge on any atom is 0.229 e. The molecular weight excluding hydrogens is 287 g/mol. The Hall–Kier alpha value is -2.24. The minimum atomic E-state index is -0.391. The van der Waals surface area contributed by atoms with Crippen molar-refractivity contribution in [2.45, 2.75) is 38.5 Å². The molecule has 0 aliphatic carbocycles. The molecule has 118 valence electrons. The summed E-state index contributed by atoms with van der Waals surface area (Å²) in [6, 6.07) is 5.75. The lowest BCUT2D eigenvalue weighted by molar-refractivity contribution is -0.138. The van der Waals surface area contributed by atoms with Crippen molar-refractivity contribution in [2.75, 3.05) is 11.9 Å². The molecule has 5 nitrogen and oxygen atoms in total. The van der Waals surface area contributed by atoms with Crippen LogP contribution in [0.2, 0.25) is 0 Å². The van der Waals surface area contributed by atoms with E-state index in [1.54, 1.807) is 6.07 Å². The van der Waals surface area contributed by atoms with Gasteiger partial charge in [0.15, 0.2) is 0 Å². The lowest BCUT2D eigenvalue weighted by Crippen LogP contribution is -2.29. The van der Waals surface area contributed by atoms with E-state index in [0.717, 1.165) is 6.42 Å². The highest BCUT2D eigenvalue weighted by atomic mass is 19.1. The van der Waals surface area contributed by atoms with Crippen LogP contribution in [0.5, 0.6) is 0 Å². The van der Waals surface area contributed by atoms with Crippen molar-refractivity contribution in [3.8, 4) is 0 Å². The third-order valence-electron chi connectivity index (χ3n) is 3.55. The number of likely N-dealkylation sites (tertiary alicyclic amines) is 1. The average Bonchev–Trinajstić information content (AvgIpc) is 2.78. The monoisotopic (exact) mass is 306 g/mol. The van der Waals surface area contributed by atoms with Crippen LogP contribution < -0.4 is 5.32 Å². The minimum Gasteiger partial charge on any atom is -0.326 e. The number of hydrogen-bond donors (Lipinski definition) is 1. The largest absolute Gasteiger partial charge is 0.326 e. The number of unbranched alkanes of at least 4 members (excludes halogenated alkanes) is 2. The van der Waals surface area contributed by atoms with Crippen molar-refractivity contribution in [2.24, 2.45) is 0 Å². The quantitative estimate of drug-likeness (QED) is 0.621. The van der Waals surface area contributed by atoms with Crippen molar-refractivity contribution in [3.05, 3.63) is 30.1 Å². The van der Waals surface area contributed by atoms with Crippen LogP contribution in [0.3, 0.4) is 0 Å². The Balaban J connectivity index is 1.61. The number of rotatable bonds is 7. The number of carbonyl (C=O) groups excluding carboxylic acids is 3. The van der Waals surface area contributed by atoms with Crippen LogP contribution >= 0.6 is 0 Å². The lowest BCUT2D eigenvalue weighted by Gasteiger charge is -2.13. The normalized spacial score (nSPS) is 14.5. The second-order valence-corrected chi connectivity index (χ2v) is 5.31. The summed E-state index contributed by atoms with van der Waals surface area (Å²) in [6.07, 6.45) is 3.08. The van der Waals surface area contributed by atoms with E-state index in [2.05, 4.69) is 5.32 Å². The number of amides is 3. The van der Waals surface area contributed by atoms with Gasteiger partial charge in [-0.25, -0.2) is 4.39 Å². The summed E-state index contributed by atoms with van der Waals surface area (Å²) >= 11 is 0. The van der Waals surface area contributed by atoms with Crippen LogP contribution in [-0.2, 0) is 14.4 Å². The van der Waals surface area contributed by atoms with E-state index in [1.807, 2.05) is 0 Å². The number of imide groups is 1. The molecule has 0 atom stereocenters. The fourth-order valence-electron chi connectivity index (χ4n) is 2.39. The molecule has 1 aliphatic heterocycles. The maximum absolute atomic E-state index is 13.0. The Bertz CT molecular complexity index is 558. The van der Waals surface area contributed by atoms with Crippen molar-refractivity contribution >= 4 is 23.4 Å². The Morgan fingerprint density at radius 3 is 2.55 bits per heavy atom. The average molecular weight is 306 g/mol. The van der Waals surface area contributed by atoms with Gasteiger partial charge in [0.05, 0.1) is 0 Å². The zero-order chi connectivity index (χ0) is 15.9. The van der Waals surface area contributed by atoms with Gasteiger partial charge in [0.2, 0.25) is 17.7 Å². The third kappa shape index (κ3) is 4.65. The molecule has 0 radical (unpaired) electrons. The lowest BCUT2D eigenvalue weighted by atomic mass is 10.1. The molecule has 0 unspecified atom stereocenters. The van der Waals surface area contributed by atoms with Crippen LogP contribution in [0.25, 0.3) is 0 Å². The second kappa shape index (κ2) is 7.68. The molecule has 0 spiro atoms. The molecule has 3 amide bonds. The van der Waals surface area contributed by atoms with Gasteiger partial charge >= 0.3 is 0 Å². The highest BCUT2D eigenvalue weighted by Gasteiger charge is 2.27. The molecule has 1 saturated heterocycles. The number of nitrogens with one attached hydrogen (secondary N) is 1. The fourth-order valence-corrected chi connectivity index (χ4v) is 2.39. The van der Waals surface area contributed by atoms with Gasteiger partial charge in [0.1, 0.15) is 5.82 Å². The number of benzene rings is 1. The molecule has 0 saturated carbocycles. The summed E-state index contributed by atoms with van der Waals surface area (Å²) in [4.78, 5) is 35.8. The zero-order valence-electron chi connectivity index (χ0n) is 12.3. The van der Waals surface area contributed by atoms with E-state index in [1.165, 1.54) is 23.1 Å². The van der Waals surface area contributed by atoms with E-state index in [-0.39, 0.29) is 17.7 Å². The number of nitrogens with zero attached hydrogens (tertiary/aromatic N) is 1. The number of hydrogen-bond acceptors (Lipinski definition) is 3.